The Hall–Kier alpha value is -2.80. The Balaban J connectivity index is 1.52. The van der Waals surface area contributed by atoms with Gasteiger partial charge >= 0.3 is 0 Å². The van der Waals surface area contributed by atoms with Crippen molar-refractivity contribution in [3.63, 3.8) is 0 Å². The molecule has 27 heavy (non-hydrogen) atoms. The maximum atomic E-state index is 12.2. The highest BCUT2D eigenvalue weighted by molar-refractivity contribution is 7.99. The highest BCUT2D eigenvalue weighted by Crippen LogP contribution is 2.22. The third kappa shape index (κ3) is 5.10. The molecule has 0 saturated carbocycles. The Kier molecular flexibility index (Phi) is 6.49. The van der Waals surface area contributed by atoms with Crippen LogP contribution in [0.4, 0.5) is 0 Å². The maximum absolute atomic E-state index is 12.2. The molecule has 0 radical (unpaired) electrons. The van der Waals surface area contributed by atoms with Crippen LogP contribution in [0.15, 0.2) is 60.0 Å². The number of carbonyl (C=O) groups is 1. The van der Waals surface area contributed by atoms with Crippen molar-refractivity contribution in [1.29, 1.82) is 0 Å². The summed E-state index contributed by atoms with van der Waals surface area (Å²) in [5, 5.41) is 11.7. The number of hydrogen-bond donors (Lipinski definition) is 1. The van der Waals surface area contributed by atoms with Crippen LogP contribution in [0.25, 0.3) is 5.69 Å². The molecule has 0 fully saturated rings. The van der Waals surface area contributed by atoms with Crippen LogP contribution >= 0.6 is 11.8 Å². The Labute approximate surface area is 163 Å². The lowest BCUT2D eigenvalue weighted by Gasteiger charge is -2.09. The van der Waals surface area contributed by atoms with Crippen LogP contribution in [0.2, 0.25) is 0 Å². The SMILES string of the molecule is COc1cccc(-n2cnnc2SCC(=O)NCCc2ccccc2C)c1. The molecule has 6 nitrogen and oxygen atoms in total. The Morgan fingerprint density at radius 2 is 2.07 bits per heavy atom. The number of carbonyl (C=O) groups excluding carboxylic acids is 1. The van der Waals surface area contributed by atoms with E-state index in [1.165, 1.54) is 22.9 Å². The van der Waals surface area contributed by atoms with E-state index in [0.29, 0.717) is 11.7 Å². The first-order valence-electron chi connectivity index (χ1n) is 8.66. The largest absolute Gasteiger partial charge is 0.497 e. The number of methoxy groups -OCH3 is 1. The number of aromatic nitrogens is 3. The first kappa shape index (κ1) is 19.0. The summed E-state index contributed by atoms with van der Waals surface area (Å²) in [7, 11) is 1.63. The van der Waals surface area contributed by atoms with Crippen molar-refractivity contribution in [3.05, 3.63) is 66.0 Å². The van der Waals surface area contributed by atoms with Crippen LogP contribution in [0.5, 0.6) is 5.75 Å². The van der Waals surface area contributed by atoms with E-state index in [2.05, 4.69) is 34.6 Å². The Morgan fingerprint density at radius 1 is 1.22 bits per heavy atom. The predicted molar refractivity (Wildman–Crippen MR) is 107 cm³/mol. The molecule has 0 saturated heterocycles. The van der Waals surface area contributed by atoms with Crippen molar-refractivity contribution in [2.24, 2.45) is 0 Å². The fourth-order valence-corrected chi connectivity index (χ4v) is 3.43. The molecule has 0 unspecified atom stereocenters. The van der Waals surface area contributed by atoms with E-state index in [4.69, 9.17) is 4.74 Å². The number of aryl methyl sites for hydroxylation is 1. The van der Waals surface area contributed by atoms with E-state index in [-0.39, 0.29) is 11.7 Å². The molecule has 1 aromatic heterocycles. The van der Waals surface area contributed by atoms with Gasteiger partial charge in [0.05, 0.1) is 18.6 Å². The first-order chi connectivity index (χ1) is 13.2. The minimum atomic E-state index is -0.0197. The van der Waals surface area contributed by atoms with E-state index in [9.17, 15) is 4.79 Å². The second kappa shape index (κ2) is 9.23. The van der Waals surface area contributed by atoms with Crippen LogP contribution < -0.4 is 10.1 Å². The van der Waals surface area contributed by atoms with Crippen molar-refractivity contribution in [2.45, 2.75) is 18.5 Å². The zero-order valence-electron chi connectivity index (χ0n) is 15.4. The molecular weight excluding hydrogens is 360 g/mol. The summed E-state index contributed by atoms with van der Waals surface area (Å²) < 4.78 is 7.10. The highest BCUT2D eigenvalue weighted by Gasteiger charge is 2.10. The van der Waals surface area contributed by atoms with Gasteiger partial charge in [0, 0.05) is 12.6 Å². The number of amides is 1. The quantitative estimate of drug-likeness (QED) is 0.607. The molecular formula is C20H22N4O2S. The third-order valence-electron chi connectivity index (χ3n) is 4.16. The number of hydrogen-bond acceptors (Lipinski definition) is 5. The monoisotopic (exact) mass is 382 g/mol. The number of nitrogens with one attached hydrogen (secondary N) is 1. The van der Waals surface area contributed by atoms with Gasteiger partial charge in [-0.25, -0.2) is 0 Å². The minimum Gasteiger partial charge on any atom is -0.497 e. The van der Waals surface area contributed by atoms with Gasteiger partial charge in [-0.2, -0.15) is 0 Å². The molecule has 1 heterocycles. The van der Waals surface area contributed by atoms with E-state index in [1.54, 1.807) is 13.4 Å². The molecule has 3 rings (SSSR count). The lowest BCUT2D eigenvalue weighted by molar-refractivity contribution is -0.118. The third-order valence-corrected chi connectivity index (χ3v) is 5.10. The van der Waals surface area contributed by atoms with Gasteiger partial charge in [-0.05, 0) is 36.6 Å². The van der Waals surface area contributed by atoms with Gasteiger partial charge in [0.2, 0.25) is 5.91 Å². The summed E-state index contributed by atoms with van der Waals surface area (Å²) in [5.41, 5.74) is 3.39. The highest BCUT2D eigenvalue weighted by atomic mass is 32.2. The zero-order valence-corrected chi connectivity index (χ0v) is 16.2. The van der Waals surface area contributed by atoms with Crippen LogP contribution in [-0.2, 0) is 11.2 Å². The first-order valence-corrected chi connectivity index (χ1v) is 9.64. The molecule has 0 aliphatic heterocycles. The average Bonchev–Trinajstić information content (AvgIpc) is 3.16. The van der Waals surface area contributed by atoms with Gasteiger partial charge in [-0.3, -0.25) is 9.36 Å². The number of nitrogens with zero attached hydrogens (tertiary/aromatic N) is 3. The van der Waals surface area contributed by atoms with Gasteiger partial charge in [0.25, 0.3) is 0 Å². The number of thioether (sulfide) groups is 1. The van der Waals surface area contributed by atoms with E-state index >= 15 is 0 Å². The van der Waals surface area contributed by atoms with Gasteiger partial charge in [-0.1, -0.05) is 42.1 Å². The fourth-order valence-electron chi connectivity index (χ4n) is 2.67. The van der Waals surface area contributed by atoms with Crippen LogP contribution in [-0.4, -0.2) is 40.1 Å². The molecule has 2 aromatic carbocycles. The summed E-state index contributed by atoms with van der Waals surface area (Å²) in [6, 6.07) is 15.8. The second-order valence-electron chi connectivity index (χ2n) is 6.00. The van der Waals surface area contributed by atoms with Gasteiger partial charge < -0.3 is 10.1 Å². The predicted octanol–water partition coefficient (Wildman–Crippen LogP) is 3.04. The fraction of sp³-hybridized carbons (Fsp3) is 0.250. The molecule has 0 atom stereocenters. The standard InChI is InChI=1S/C20H22N4O2S/c1-15-6-3-4-7-16(15)10-11-21-19(25)13-27-20-23-22-14-24(20)17-8-5-9-18(12-17)26-2/h3-9,12,14H,10-11,13H2,1-2H3,(H,21,25). The van der Waals surface area contributed by atoms with E-state index in [1.807, 2.05) is 41.0 Å². The van der Waals surface area contributed by atoms with Crippen LogP contribution in [0.3, 0.4) is 0 Å². The van der Waals surface area contributed by atoms with Crippen molar-refractivity contribution >= 4 is 17.7 Å². The van der Waals surface area contributed by atoms with Crippen molar-refractivity contribution in [3.8, 4) is 11.4 Å². The minimum absolute atomic E-state index is 0.0197. The van der Waals surface area contributed by atoms with Crippen molar-refractivity contribution < 1.29 is 9.53 Å². The maximum Gasteiger partial charge on any atom is 0.230 e. The normalized spacial score (nSPS) is 10.6. The Morgan fingerprint density at radius 3 is 2.89 bits per heavy atom. The molecule has 3 aromatic rings. The second-order valence-corrected chi connectivity index (χ2v) is 6.94. The van der Waals surface area contributed by atoms with Crippen molar-refractivity contribution in [1.82, 2.24) is 20.1 Å². The lowest BCUT2D eigenvalue weighted by atomic mass is 10.1. The van der Waals surface area contributed by atoms with Gasteiger partial charge in [0.15, 0.2) is 5.16 Å². The number of benzene rings is 2. The average molecular weight is 382 g/mol. The number of rotatable bonds is 8. The number of ether oxygens (including phenoxy) is 1. The molecule has 0 spiro atoms. The van der Waals surface area contributed by atoms with Crippen LogP contribution in [0.1, 0.15) is 11.1 Å². The summed E-state index contributed by atoms with van der Waals surface area (Å²) >= 11 is 1.36. The van der Waals surface area contributed by atoms with Gasteiger partial charge in [-0.15, -0.1) is 10.2 Å². The molecule has 140 valence electrons. The lowest BCUT2D eigenvalue weighted by Crippen LogP contribution is -2.27. The van der Waals surface area contributed by atoms with Gasteiger partial charge in [0.1, 0.15) is 12.1 Å². The summed E-state index contributed by atoms with van der Waals surface area (Å²) in [6.45, 7) is 2.70. The summed E-state index contributed by atoms with van der Waals surface area (Å²) in [4.78, 5) is 12.2. The Bertz CT molecular complexity index is 910. The molecule has 1 N–H and O–H groups in total. The smallest absolute Gasteiger partial charge is 0.230 e. The molecule has 1 amide bonds. The molecule has 0 aliphatic rings. The summed E-state index contributed by atoms with van der Waals surface area (Å²) in [5.74, 6) is 1.02. The van der Waals surface area contributed by atoms with Crippen molar-refractivity contribution in [2.75, 3.05) is 19.4 Å². The molecule has 0 bridgehead atoms. The van der Waals surface area contributed by atoms with E-state index in [0.717, 1.165) is 17.9 Å². The van der Waals surface area contributed by atoms with Crippen LogP contribution in [0, 0.1) is 6.92 Å². The zero-order chi connectivity index (χ0) is 19.1. The molecule has 7 heteroatoms. The summed E-state index contributed by atoms with van der Waals surface area (Å²) in [6.07, 6.45) is 2.45. The van der Waals surface area contributed by atoms with E-state index < -0.39 is 0 Å². The molecule has 0 aliphatic carbocycles. The topological polar surface area (TPSA) is 69.0 Å².